The topological polar surface area (TPSA) is 205 Å². The quantitative estimate of drug-likeness (QED) is 0.104. The molecule has 3 aromatic heterocycles. The number of hydrogen-bond donors (Lipinski definition) is 4. The molecule has 16 nitrogen and oxygen atoms in total. The van der Waals surface area contributed by atoms with Crippen LogP contribution in [0.25, 0.3) is 55.2 Å². The number of ether oxygens (including phenoxy) is 2. The van der Waals surface area contributed by atoms with Crippen LogP contribution in [0.2, 0.25) is 0 Å². The van der Waals surface area contributed by atoms with Crippen molar-refractivity contribution < 1.29 is 41.8 Å². The van der Waals surface area contributed by atoms with Crippen LogP contribution >= 0.6 is 0 Å². The van der Waals surface area contributed by atoms with Gasteiger partial charge in [0.05, 0.1) is 67.9 Å². The van der Waals surface area contributed by atoms with E-state index in [1.807, 2.05) is 0 Å². The average molecular weight is 827 g/mol. The molecule has 18 heteroatoms. The largest absolute Gasteiger partial charge is 0.453 e. The van der Waals surface area contributed by atoms with E-state index < -0.39 is 41.6 Å². The molecule has 314 valence electrons. The first-order valence-electron chi connectivity index (χ1n) is 19.4. The molecule has 7 rings (SSSR count). The Kier molecular flexibility index (Phi) is 11.8. The summed E-state index contributed by atoms with van der Waals surface area (Å²) in [4.78, 5) is 82.2. The number of methoxy groups -OCH3 is 2. The normalized spacial score (nSPS) is 15.1. The van der Waals surface area contributed by atoms with E-state index in [2.05, 4.69) is 40.0 Å². The maximum atomic E-state index is 16.1. The SMILES string of the molecule is COC(=O)NCC(=O)N1CCC[C@H]1c1ncc(-c2ccc3c(F)c4oc5ccc(-c6cnc(CN(C[C@@H](C)F)C(=O)C(NC(=O)OC)C(C)C)[nH]6)cc5c(=O)c4cc3c2)[nH]1. The number of H-pyrrole nitrogens is 2. The molecule has 1 aliphatic rings. The first kappa shape index (κ1) is 41.3. The number of benzene rings is 3. The van der Waals surface area contributed by atoms with Gasteiger partial charge in [-0.15, -0.1) is 0 Å². The van der Waals surface area contributed by atoms with E-state index in [1.165, 1.54) is 32.2 Å². The van der Waals surface area contributed by atoms with Gasteiger partial charge in [-0.1, -0.05) is 26.0 Å². The number of hydrogen-bond acceptors (Lipinski definition) is 10. The molecule has 0 spiro atoms. The Morgan fingerprint density at radius 2 is 1.67 bits per heavy atom. The molecule has 0 bridgehead atoms. The number of rotatable bonds is 12. The third kappa shape index (κ3) is 8.35. The molecule has 4 amide bonds. The Morgan fingerprint density at radius 1 is 0.950 bits per heavy atom. The summed E-state index contributed by atoms with van der Waals surface area (Å²) < 4.78 is 45.6. The van der Waals surface area contributed by atoms with Gasteiger partial charge < -0.3 is 44.3 Å². The van der Waals surface area contributed by atoms with Crippen LogP contribution in [-0.2, 0) is 25.6 Å². The highest BCUT2D eigenvalue weighted by Crippen LogP contribution is 2.34. The summed E-state index contributed by atoms with van der Waals surface area (Å²) in [6.07, 6.45) is 1.73. The molecular weight excluding hydrogens is 783 g/mol. The minimum Gasteiger partial charge on any atom is -0.453 e. The molecular formula is C42H44F2N8O8. The van der Waals surface area contributed by atoms with Crippen molar-refractivity contribution in [3.8, 4) is 22.5 Å². The van der Waals surface area contributed by atoms with Crippen LogP contribution < -0.4 is 16.1 Å². The van der Waals surface area contributed by atoms with Crippen molar-refractivity contribution in [3.63, 3.8) is 0 Å². The van der Waals surface area contributed by atoms with Crippen molar-refractivity contribution in [3.05, 3.63) is 82.5 Å². The van der Waals surface area contributed by atoms with Gasteiger partial charge in [0.15, 0.2) is 11.4 Å². The van der Waals surface area contributed by atoms with E-state index in [4.69, 9.17) is 4.42 Å². The van der Waals surface area contributed by atoms with Crippen molar-refractivity contribution in [2.75, 3.05) is 33.9 Å². The Labute approximate surface area is 341 Å². The average Bonchev–Trinajstić information content (AvgIpc) is 4.03. The third-order valence-corrected chi connectivity index (χ3v) is 10.5. The molecule has 0 aliphatic carbocycles. The summed E-state index contributed by atoms with van der Waals surface area (Å²) in [6.45, 7) is 4.78. The van der Waals surface area contributed by atoms with E-state index in [9.17, 15) is 28.4 Å². The molecule has 0 radical (unpaired) electrons. The summed E-state index contributed by atoms with van der Waals surface area (Å²) in [7, 11) is 2.41. The predicted molar refractivity (Wildman–Crippen MR) is 217 cm³/mol. The monoisotopic (exact) mass is 826 g/mol. The minimum atomic E-state index is -1.37. The van der Waals surface area contributed by atoms with E-state index in [1.54, 1.807) is 67.4 Å². The van der Waals surface area contributed by atoms with Crippen LogP contribution in [0, 0.1) is 11.7 Å². The van der Waals surface area contributed by atoms with Gasteiger partial charge in [-0.25, -0.2) is 28.3 Å². The fraction of sp³-hybridized carbons (Fsp3) is 0.357. The lowest BCUT2D eigenvalue weighted by Crippen LogP contribution is -2.52. The number of aromatic amines is 2. The number of alkyl carbamates (subject to hydrolysis) is 2. The van der Waals surface area contributed by atoms with Crippen LogP contribution in [0.15, 0.2) is 64.1 Å². The number of halogens is 2. The Bertz CT molecular complexity index is 2670. The molecule has 1 fully saturated rings. The van der Waals surface area contributed by atoms with E-state index in [0.29, 0.717) is 52.5 Å². The molecule has 4 heterocycles. The Balaban J connectivity index is 1.16. The van der Waals surface area contributed by atoms with Gasteiger partial charge in [0.1, 0.15) is 36.0 Å². The second-order valence-electron chi connectivity index (χ2n) is 15.0. The molecule has 1 aliphatic heterocycles. The second-order valence-corrected chi connectivity index (χ2v) is 15.0. The highest BCUT2D eigenvalue weighted by atomic mass is 19.1. The van der Waals surface area contributed by atoms with Gasteiger partial charge in [-0.2, -0.15) is 0 Å². The lowest BCUT2D eigenvalue weighted by molar-refractivity contribution is -0.136. The lowest BCUT2D eigenvalue weighted by atomic mass is 10.0. The van der Waals surface area contributed by atoms with Crippen LogP contribution in [0.4, 0.5) is 18.4 Å². The molecule has 60 heavy (non-hydrogen) atoms. The zero-order valence-corrected chi connectivity index (χ0v) is 33.6. The number of nitrogens with zero attached hydrogens (tertiary/aromatic N) is 4. The van der Waals surface area contributed by atoms with Gasteiger partial charge in [-0.05, 0) is 61.4 Å². The third-order valence-electron chi connectivity index (χ3n) is 10.5. The first-order chi connectivity index (χ1) is 28.8. The van der Waals surface area contributed by atoms with E-state index >= 15 is 4.39 Å². The number of carbonyl (C=O) groups is 4. The molecule has 1 saturated heterocycles. The number of likely N-dealkylation sites (tertiary alicyclic amines) is 1. The number of fused-ring (bicyclic) bond motifs is 3. The number of alkyl halides is 1. The number of carbonyl (C=O) groups excluding carboxylic acids is 4. The first-order valence-corrected chi connectivity index (χ1v) is 19.4. The van der Waals surface area contributed by atoms with E-state index in [0.717, 1.165) is 6.42 Å². The van der Waals surface area contributed by atoms with Crippen molar-refractivity contribution >= 4 is 56.7 Å². The molecule has 0 saturated carbocycles. The van der Waals surface area contributed by atoms with Crippen molar-refractivity contribution in [1.82, 2.24) is 40.4 Å². The Morgan fingerprint density at radius 3 is 2.40 bits per heavy atom. The van der Waals surface area contributed by atoms with Gasteiger partial charge in [0, 0.05) is 23.1 Å². The predicted octanol–water partition coefficient (Wildman–Crippen LogP) is 6.11. The van der Waals surface area contributed by atoms with E-state index in [-0.39, 0.29) is 64.8 Å². The number of aromatic nitrogens is 4. The van der Waals surface area contributed by atoms with Gasteiger partial charge >= 0.3 is 12.2 Å². The van der Waals surface area contributed by atoms with Crippen LogP contribution in [0.1, 0.15) is 51.3 Å². The summed E-state index contributed by atoms with van der Waals surface area (Å²) in [5.41, 5.74) is 1.87. The number of amides is 4. The maximum absolute atomic E-state index is 16.1. The highest BCUT2D eigenvalue weighted by Gasteiger charge is 2.33. The molecule has 6 aromatic rings. The number of imidazole rings is 2. The minimum absolute atomic E-state index is 0.0350. The van der Waals surface area contributed by atoms with Crippen molar-refractivity contribution in [2.45, 2.75) is 58.4 Å². The van der Waals surface area contributed by atoms with Crippen LogP contribution in [0.5, 0.6) is 0 Å². The summed E-state index contributed by atoms with van der Waals surface area (Å²) in [5, 5.41) is 5.86. The smallest absolute Gasteiger partial charge is 0.407 e. The van der Waals surface area contributed by atoms with Gasteiger partial charge in [0.25, 0.3) is 0 Å². The standard InChI is InChI=1S/C42H44F2N8O8/c1-21(2)36(50-42(57)59-5)40(55)51(19-22(3)43)20-33-45-16-29(48-33)24-9-11-32-27(14-24)37(54)28-15-25-13-23(8-10-26(25)35(44)38(28)60-32)30-17-46-39(49-30)31-7-6-12-52(31)34(53)18-47-41(56)58-4/h8-11,13-17,21-22,31,36H,6-7,12,18-20H2,1-5H3,(H,45,48)(H,46,49)(H,47,56)(H,50,57)/t22-,31+,36?/m1/s1. The fourth-order valence-electron chi connectivity index (χ4n) is 7.52. The highest BCUT2D eigenvalue weighted by molar-refractivity contribution is 6.01. The summed E-state index contributed by atoms with van der Waals surface area (Å²) >= 11 is 0. The van der Waals surface area contributed by atoms with Crippen molar-refractivity contribution in [2.24, 2.45) is 5.92 Å². The zero-order valence-electron chi connectivity index (χ0n) is 33.6. The lowest BCUT2D eigenvalue weighted by Gasteiger charge is -2.29. The van der Waals surface area contributed by atoms with Gasteiger partial charge in [-0.3, -0.25) is 14.4 Å². The summed E-state index contributed by atoms with van der Waals surface area (Å²) in [6, 6.07) is 10.2. The second kappa shape index (κ2) is 17.2. The van der Waals surface area contributed by atoms with Gasteiger partial charge in [0.2, 0.25) is 17.2 Å². The van der Waals surface area contributed by atoms with Crippen LogP contribution in [-0.4, -0.2) is 99.8 Å². The summed E-state index contributed by atoms with van der Waals surface area (Å²) in [5.74, 6) is -0.887. The molecule has 1 unspecified atom stereocenters. The number of nitrogens with one attached hydrogen (secondary N) is 4. The zero-order chi connectivity index (χ0) is 42.8. The maximum Gasteiger partial charge on any atom is 0.407 e. The fourth-order valence-corrected chi connectivity index (χ4v) is 7.52. The van der Waals surface area contributed by atoms with Crippen LogP contribution in [0.3, 0.4) is 0 Å². The van der Waals surface area contributed by atoms with Crippen molar-refractivity contribution in [1.29, 1.82) is 0 Å². The molecule has 3 atom stereocenters. The molecule has 3 aromatic carbocycles. The molecule has 4 N–H and O–H groups in total. The Hall–Kier alpha value is -6.85.